The summed E-state index contributed by atoms with van der Waals surface area (Å²) in [6.45, 7) is 2.00. The summed E-state index contributed by atoms with van der Waals surface area (Å²) >= 11 is 4.78. The Hall–Kier alpha value is -0.360. The van der Waals surface area contributed by atoms with Gasteiger partial charge >= 0.3 is 6.18 Å². The van der Waals surface area contributed by atoms with Crippen LogP contribution in [0.2, 0.25) is 0 Å². The van der Waals surface area contributed by atoms with Crippen molar-refractivity contribution in [3.63, 3.8) is 0 Å². The van der Waals surface area contributed by atoms with E-state index in [-0.39, 0.29) is 16.9 Å². The minimum atomic E-state index is -4.32. The van der Waals surface area contributed by atoms with Crippen molar-refractivity contribution in [2.45, 2.75) is 24.5 Å². The molecule has 0 radical (unpaired) electrons. The Morgan fingerprint density at radius 3 is 2.47 bits per heavy atom. The largest absolute Gasteiger partial charge is 0.416 e. The average Bonchev–Trinajstić information content (AvgIpc) is 2.36. The van der Waals surface area contributed by atoms with Crippen LogP contribution in [0.4, 0.5) is 18.9 Å². The van der Waals surface area contributed by atoms with Crippen molar-refractivity contribution >= 4 is 33.4 Å². The first-order valence-electron chi connectivity index (χ1n) is 5.79. The molecule has 0 aromatic heterocycles. The Labute approximate surface area is 124 Å². The van der Waals surface area contributed by atoms with Gasteiger partial charge in [0.25, 0.3) is 0 Å². The van der Waals surface area contributed by atoms with Crippen LogP contribution in [0, 0.1) is 0 Å². The van der Waals surface area contributed by atoms with Gasteiger partial charge in [0.1, 0.15) is 0 Å². The second kappa shape index (κ2) is 6.88. The quantitative estimate of drug-likeness (QED) is 0.698. The lowest BCUT2D eigenvalue weighted by Crippen LogP contribution is -2.31. The summed E-state index contributed by atoms with van der Waals surface area (Å²) in [5, 5.41) is 0.201. The van der Waals surface area contributed by atoms with Crippen LogP contribution in [0.25, 0.3) is 0 Å². The summed E-state index contributed by atoms with van der Waals surface area (Å²) in [5.74, 6) is 0.873. The van der Waals surface area contributed by atoms with Crippen molar-refractivity contribution in [3.05, 3.63) is 29.3 Å². The van der Waals surface area contributed by atoms with Gasteiger partial charge in [-0.25, -0.2) is 0 Å². The lowest BCUT2D eigenvalue weighted by molar-refractivity contribution is -0.138. The van der Waals surface area contributed by atoms with Gasteiger partial charge in [-0.3, -0.25) is 0 Å². The molecule has 0 heterocycles. The molecule has 1 atom stereocenters. The van der Waals surface area contributed by atoms with E-state index in [0.717, 1.165) is 5.75 Å². The van der Waals surface area contributed by atoms with Gasteiger partial charge in [-0.1, -0.05) is 22.0 Å². The van der Waals surface area contributed by atoms with Gasteiger partial charge in [-0.2, -0.15) is 24.9 Å². The Morgan fingerprint density at radius 2 is 2.00 bits per heavy atom. The summed E-state index contributed by atoms with van der Waals surface area (Å²) in [5.41, 5.74) is 0.297. The highest BCUT2D eigenvalue weighted by atomic mass is 79.9. The number of halogens is 4. The van der Waals surface area contributed by atoms with Crippen LogP contribution in [0.5, 0.6) is 0 Å². The maximum Gasteiger partial charge on any atom is 0.416 e. The van der Waals surface area contributed by atoms with Gasteiger partial charge in [-0.05, 0) is 30.9 Å². The third-order valence-corrected chi connectivity index (χ3v) is 4.44. The molecule has 0 aliphatic heterocycles. The maximum atomic E-state index is 13.0. The molecule has 1 aromatic carbocycles. The fourth-order valence-electron chi connectivity index (χ4n) is 1.77. The number of rotatable bonds is 5. The maximum absolute atomic E-state index is 13.0. The average molecular weight is 356 g/mol. The topological polar surface area (TPSA) is 3.24 Å². The number of benzene rings is 1. The molecule has 1 nitrogen and oxygen atoms in total. The molecular weight excluding hydrogens is 339 g/mol. The molecule has 0 N–H and O–H groups in total. The predicted octanol–water partition coefficient (Wildman–Crippen LogP) is 4.79. The minimum Gasteiger partial charge on any atom is -0.371 e. The fourth-order valence-corrected chi connectivity index (χ4v) is 2.97. The van der Waals surface area contributed by atoms with E-state index in [4.69, 9.17) is 0 Å². The number of hydrogen-bond donors (Lipinski definition) is 0. The molecule has 1 rings (SSSR count). The van der Waals surface area contributed by atoms with Crippen LogP contribution in [-0.4, -0.2) is 25.1 Å². The standard InChI is InChI=1S/C13H17BrF3NS/c1-9(8-19-3)18(2)11-5-4-10(7-14)12(6-11)13(15,16)17/h4-6,9H,7-8H2,1-3H3. The summed E-state index contributed by atoms with van der Waals surface area (Å²) in [7, 11) is 1.82. The number of anilines is 1. The van der Waals surface area contributed by atoms with Crippen LogP contribution < -0.4 is 4.90 Å². The molecular formula is C13H17BrF3NS. The van der Waals surface area contributed by atoms with E-state index in [1.165, 1.54) is 12.1 Å². The lowest BCUT2D eigenvalue weighted by Gasteiger charge is -2.27. The Balaban J connectivity index is 3.11. The second-order valence-corrected chi connectivity index (χ2v) is 5.86. The molecule has 0 aliphatic rings. The zero-order chi connectivity index (χ0) is 14.6. The van der Waals surface area contributed by atoms with Crippen LogP contribution in [-0.2, 0) is 11.5 Å². The van der Waals surface area contributed by atoms with Crippen LogP contribution in [0.1, 0.15) is 18.1 Å². The van der Waals surface area contributed by atoms with Crippen molar-refractivity contribution in [1.29, 1.82) is 0 Å². The summed E-state index contributed by atoms with van der Waals surface area (Å²) in [6.07, 6.45) is -2.33. The Morgan fingerprint density at radius 1 is 1.37 bits per heavy atom. The second-order valence-electron chi connectivity index (χ2n) is 4.39. The third-order valence-electron chi connectivity index (χ3n) is 3.02. The van der Waals surface area contributed by atoms with E-state index in [9.17, 15) is 13.2 Å². The molecule has 0 fully saturated rings. The molecule has 6 heteroatoms. The highest BCUT2D eigenvalue weighted by Gasteiger charge is 2.33. The van der Waals surface area contributed by atoms with E-state index in [2.05, 4.69) is 15.9 Å². The van der Waals surface area contributed by atoms with E-state index < -0.39 is 11.7 Å². The molecule has 19 heavy (non-hydrogen) atoms. The van der Waals surface area contributed by atoms with Crippen molar-refractivity contribution in [2.24, 2.45) is 0 Å². The monoisotopic (exact) mass is 355 g/mol. The Kier molecular flexibility index (Phi) is 6.05. The minimum absolute atomic E-state index is 0.186. The number of nitrogens with zero attached hydrogens (tertiary/aromatic N) is 1. The highest BCUT2D eigenvalue weighted by molar-refractivity contribution is 9.08. The molecule has 1 unspecified atom stereocenters. The molecule has 108 valence electrons. The third kappa shape index (κ3) is 4.31. The first-order valence-corrected chi connectivity index (χ1v) is 8.30. The molecule has 0 aliphatic carbocycles. The SMILES string of the molecule is CSCC(C)N(C)c1ccc(CBr)c(C(F)(F)F)c1. The van der Waals surface area contributed by atoms with Gasteiger partial charge in [0.2, 0.25) is 0 Å². The molecule has 0 saturated heterocycles. The molecule has 0 saturated carbocycles. The fraction of sp³-hybridized carbons (Fsp3) is 0.538. The smallest absolute Gasteiger partial charge is 0.371 e. The van der Waals surface area contributed by atoms with Crippen molar-refractivity contribution in [2.75, 3.05) is 24.0 Å². The van der Waals surface area contributed by atoms with E-state index in [0.29, 0.717) is 5.69 Å². The van der Waals surface area contributed by atoms with Crippen LogP contribution >= 0.6 is 27.7 Å². The summed E-state index contributed by atoms with van der Waals surface area (Å²) in [6, 6.07) is 4.69. The highest BCUT2D eigenvalue weighted by Crippen LogP contribution is 2.35. The van der Waals surface area contributed by atoms with Crippen molar-refractivity contribution < 1.29 is 13.2 Å². The zero-order valence-electron chi connectivity index (χ0n) is 11.1. The summed E-state index contributed by atoms with van der Waals surface area (Å²) in [4.78, 5) is 1.88. The zero-order valence-corrected chi connectivity index (χ0v) is 13.5. The number of alkyl halides is 4. The first-order chi connectivity index (χ1) is 8.81. The van der Waals surface area contributed by atoms with Crippen LogP contribution in [0.3, 0.4) is 0 Å². The Bertz CT molecular complexity index is 423. The predicted molar refractivity (Wildman–Crippen MR) is 80.3 cm³/mol. The summed E-state index contributed by atoms with van der Waals surface area (Å²) < 4.78 is 39.0. The number of thioether (sulfide) groups is 1. The van der Waals surface area contributed by atoms with Crippen LogP contribution in [0.15, 0.2) is 18.2 Å². The lowest BCUT2D eigenvalue weighted by atomic mass is 10.1. The first kappa shape index (κ1) is 16.7. The number of hydrogen-bond acceptors (Lipinski definition) is 2. The van der Waals surface area contributed by atoms with Gasteiger partial charge in [-0.15, -0.1) is 0 Å². The molecule has 0 bridgehead atoms. The molecule has 1 aromatic rings. The van der Waals surface area contributed by atoms with Crippen molar-refractivity contribution in [3.8, 4) is 0 Å². The van der Waals surface area contributed by atoms with E-state index in [1.807, 2.05) is 25.1 Å². The van der Waals surface area contributed by atoms with Gasteiger partial charge in [0.05, 0.1) is 5.56 Å². The van der Waals surface area contributed by atoms with Gasteiger partial charge in [0, 0.05) is 29.9 Å². The van der Waals surface area contributed by atoms with Gasteiger partial charge < -0.3 is 4.90 Å². The molecule has 0 amide bonds. The van der Waals surface area contributed by atoms with Gasteiger partial charge in [0.15, 0.2) is 0 Å². The van der Waals surface area contributed by atoms with Crippen molar-refractivity contribution in [1.82, 2.24) is 0 Å². The molecule has 0 spiro atoms. The van der Waals surface area contributed by atoms with E-state index >= 15 is 0 Å². The normalized spacial score (nSPS) is 13.4. The van der Waals surface area contributed by atoms with E-state index in [1.54, 1.807) is 17.8 Å².